The normalized spacial score (nSPS) is 17.3. The average Bonchev–Trinajstić information content (AvgIpc) is 2.75. The maximum atomic E-state index is 13.1. The Kier molecular flexibility index (Phi) is 5.68. The number of H-pyrrole nitrogens is 1. The first kappa shape index (κ1) is 20.6. The number of fused-ring (bicyclic) bond motifs is 1. The van der Waals surface area contributed by atoms with E-state index in [0.717, 1.165) is 30.9 Å². The summed E-state index contributed by atoms with van der Waals surface area (Å²) in [7, 11) is 0. The van der Waals surface area contributed by atoms with Crippen molar-refractivity contribution in [1.29, 1.82) is 0 Å². The minimum absolute atomic E-state index is 0.153. The molecule has 1 atom stereocenters. The molecule has 1 aromatic heterocycles. The number of piperazine rings is 1. The fourth-order valence-corrected chi connectivity index (χ4v) is 3.78. The fraction of sp³-hybridized carbons (Fsp3) is 0.300. The molecule has 0 aliphatic carbocycles. The molecule has 0 radical (unpaired) electrons. The van der Waals surface area contributed by atoms with Gasteiger partial charge >= 0.3 is 6.18 Å². The summed E-state index contributed by atoms with van der Waals surface area (Å²) in [6, 6.07) is 10.4. The van der Waals surface area contributed by atoms with E-state index in [2.05, 4.69) is 20.8 Å². The Morgan fingerprint density at radius 3 is 2.70 bits per heavy atom. The Labute approximate surface area is 175 Å². The molecule has 2 heterocycles. The molecule has 6 nitrogen and oxygen atoms in total. The van der Waals surface area contributed by atoms with Crippen LogP contribution in [0.5, 0.6) is 0 Å². The third-order valence-corrected chi connectivity index (χ3v) is 5.35. The highest BCUT2D eigenvalue weighted by Gasteiger charge is 2.31. The summed E-state index contributed by atoms with van der Waals surface area (Å²) in [4.78, 5) is 14.0. The first-order valence-electron chi connectivity index (χ1n) is 9.38. The number of anilines is 1. The quantitative estimate of drug-likeness (QED) is 0.585. The van der Waals surface area contributed by atoms with E-state index < -0.39 is 11.7 Å². The lowest BCUT2D eigenvalue weighted by molar-refractivity contribution is -0.137. The number of halogens is 4. The molecular formula is C20H19ClF3N5O. The first-order chi connectivity index (χ1) is 14.3. The van der Waals surface area contributed by atoms with Crippen LogP contribution in [-0.2, 0) is 12.7 Å². The van der Waals surface area contributed by atoms with Crippen molar-refractivity contribution in [2.45, 2.75) is 18.9 Å². The van der Waals surface area contributed by atoms with Crippen molar-refractivity contribution in [2.75, 3.05) is 24.5 Å². The van der Waals surface area contributed by atoms with Crippen LogP contribution in [0.4, 0.5) is 18.9 Å². The fourth-order valence-electron chi connectivity index (χ4n) is 3.58. The van der Waals surface area contributed by atoms with Crippen LogP contribution in [0.15, 0.2) is 47.3 Å². The summed E-state index contributed by atoms with van der Waals surface area (Å²) >= 11 is 6.17. The van der Waals surface area contributed by atoms with Gasteiger partial charge in [0.05, 0.1) is 17.1 Å². The molecule has 4 rings (SSSR count). The Morgan fingerprint density at radius 2 is 1.97 bits per heavy atom. The molecule has 1 unspecified atom stereocenters. The molecule has 3 N–H and O–H groups in total. The van der Waals surface area contributed by atoms with Crippen LogP contribution in [0, 0.1) is 0 Å². The van der Waals surface area contributed by atoms with Gasteiger partial charge in [-0.2, -0.15) is 18.3 Å². The zero-order valence-corrected chi connectivity index (χ0v) is 16.5. The van der Waals surface area contributed by atoms with Gasteiger partial charge in [0.15, 0.2) is 5.15 Å². The van der Waals surface area contributed by atoms with Crippen LogP contribution in [0.1, 0.15) is 11.1 Å². The Hall–Kier alpha value is -2.62. The number of rotatable bonds is 4. The van der Waals surface area contributed by atoms with Crippen molar-refractivity contribution >= 4 is 28.1 Å². The van der Waals surface area contributed by atoms with Gasteiger partial charge in [0.1, 0.15) is 0 Å². The molecule has 1 fully saturated rings. The molecule has 158 valence electrons. The predicted molar refractivity (Wildman–Crippen MR) is 110 cm³/mol. The molecule has 1 saturated heterocycles. The van der Waals surface area contributed by atoms with E-state index in [-0.39, 0.29) is 23.4 Å². The number of benzene rings is 2. The van der Waals surface area contributed by atoms with Crippen molar-refractivity contribution in [1.82, 2.24) is 20.8 Å². The predicted octanol–water partition coefficient (Wildman–Crippen LogP) is 3.12. The lowest BCUT2D eigenvalue weighted by atomic mass is 10.1. The van der Waals surface area contributed by atoms with Gasteiger partial charge < -0.3 is 10.2 Å². The Morgan fingerprint density at radius 1 is 1.13 bits per heavy atom. The van der Waals surface area contributed by atoms with E-state index in [9.17, 15) is 18.0 Å². The summed E-state index contributed by atoms with van der Waals surface area (Å²) in [6.45, 7) is 2.37. The minimum Gasteiger partial charge on any atom is -0.350 e. The molecule has 2 aromatic carbocycles. The molecule has 10 heteroatoms. The highest BCUT2D eigenvalue weighted by Crippen LogP contribution is 2.31. The number of hydrogen-bond donors (Lipinski definition) is 3. The zero-order valence-electron chi connectivity index (χ0n) is 15.8. The number of alkyl halides is 3. The van der Waals surface area contributed by atoms with Crippen molar-refractivity contribution in [2.24, 2.45) is 0 Å². The maximum absolute atomic E-state index is 13.1. The average molecular weight is 438 g/mol. The van der Waals surface area contributed by atoms with E-state index >= 15 is 0 Å². The third kappa shape index (κ3) is 4.28. The Bertz CT molecular complexity index is 1110. The van der Waals surface area contributed by atoms with Gasteiger partial charge in [0.25, 0.3) is 5.56 Å². The lowest BCUT2D eigenvalue weighted by Crippen LogP contribution is -2.57. The van der Waals surface area contributed by atoms with Crippen LogP contribution in [0.3, 0.4) is 0 Å². The number of hydrogen-bond acceptors (Lipinski definition) is 5. The molecule has 0 saturated carbocycles. The zero-order chi connectivity index (χ0) is 21.3. The second kappa shape index (κ2) is 8.25. The monoisotopic (exact) mass is 437 g/mol. The summed E-state index contributed by atoms with van der Waals surface area (Å²) in [5.74, 6) is 0. The second-order valence-corrected chi connectivity index (χ2v) is 7.43. The highest BCUT2D eigenvalue weighted by atomic mass is 35.5. The van der Waals surface area contributed by atoms with E-state index in [1.54, 1.807) is 24.3 Å². The number of nitrogens with one attached hydrogen (secondary N) is 3. The second-order valence-electron chi connectivity index (χ2n) is 7.07. The van der Waals surface area contributed by atoms with Gasteiger partial charge in [-0.25, -0.2) is 5.10 Å². The largest absolute Gasteiger partial charge is 0.416 e. The summed E-state index contributed by atoms with van der Waals surface area (Å²) in [5.41, 5.74) is 0.192. The van der Waals surface area contributed by atoms with Crippen molar-refractivity contribution in [3.05, 3.63) is 69.1 Å². The van der Waals surface area contributed by atoms with Crippen LogP contribution >= 0.6 is 11.6 Å². The smallest absolute Gasteiger partial charge is 0.350 e. The van der Waals surface area contributed by atoms with Gasteiger partial charge in [-0.3, -0.25) is 10.1 Å². The van der Waals surface area contributed by atoms with Gasteiger partial charge in [0.2, 0.25) is 0 Å². The molecule has 0 bridgehead atoms. The molecular weight excluding hydrogens is 419 g/mol. The van der Waals surface area contributed by atoms with Gasteiger partial charge in [-0.05, 0) is 35.9 Å². The maximum Gasteiger partial charge on any atom is 0.416 e. The topological polar surface area (TPSA) is 73.0 Å². The molecule has 3 aromatic rings. The minimum atomic E-state index is -4.41. The van der Waals surface area contributed by atoms with E-state index in [1.165, 1.54) is 6.07 Å². The molecule has 1 aliphatic heterocycles. The summed E-state index contributed by atoms with van der Waals surface area (Å²) < 4.78 is 39.4. The van der Waals surface area contributed by atoms with Gasteiger partial charge in [-0.15, -0.1) is 0 Å². The van der Waals surface area contributed by atoms with Crippen LogP contribution in [0.25, 0.3) is 10.8 Å². The van der Waals surface area contributed by atoms with Gasteiger partial charge in [-0.1, -0.05) is 23.7 Å². The molecule has 30 heavy (non-hydrogen) atoms. The third-order valence-electron chi connectivity index (χ3n) is 5.06. The lowest BCUT2D eigenvalue weighted by Gasteiger charge is -2.37. The first-order valence-corrected chi connectivity index (χ1v) is 9.75. The number of aromatic amines is 1. The number of nitrogens with zero attached hydrogens (tertiary/aromatic N) is 2. The standard InChI is InChI=1S/C20H19ClF3N5O/c21-18-16-9-14(4-5-15(16)19(30)28-27-18)29(17-10-25-6-7-26-17)11-12-2-1-3-13(8-12)20(22,23)24/h1-5,8-9,17,25-26H,6-7,10-11H2,(H,28,30). The molecule has 1 aliphatic rings. The SMILES string of the molecule is O=c1[nH]nc(Cl)c2cc(N(Cc3cccc(C(F)(F)F)c3)C3CNCCN3)ccc12. The highest BCUT2D eigenvalue weighted by molar-refractivity contribution is 6.34. The summed E-state index contributed by atoms with van der Waals surface area (Å²) in [6.07, 6.45) is -4.56. The van der Waals surface area contributed by atoms with E-state index in [0.29, 0.717) is 22.9 Å². The molecule has 0 amide bonds. The van der Waals surface area contributed by atoms with Crippen LogP contribution < -0.4 is 21.1 Å². The van der Waals surface area contributed by atoms with Crippen molar-refractivity contribution in [3.63, 3.8) is 0 Å². The van der Waals surface area contributed by atoms with Crippen LogP contribution in [-0.4, -0.2) is 36.0 Å². The van der Waals surface area contributed by atoms with E-state index in [4.69, 9.17) is 11.6 Å². The van der Waals surface area contributed by atoms with Crippen LogP contribution in [0.2, 0.25) is 5.15 Å². The molecule has 0 spiro atoms. The van der Waals surface area contributed by atoms with Crippen molar-refractivity contribution < 1.29 is 13.2 Å². The number of aromatic nitrogens is 2. The van der Waals surface area contributed by atoms with E-state index in [1.807, 2.05) is 4.90 Å². The van der Waals surface area contributed by atoms with Gasteiger partial charge in [0, 0.05) is 37.3 Å². The summed E-state index contributed by atoms with van der Waals surface area (Å²) in [5, 5.41) is 13.8. The Balaban J connectivity index is 1.75. The van der Waals surface area contributed by atoms with Crippen molar-refractivity contribution in [3.8, 4) is 0 Å².